The normalized spacial score (nSPS) is 13.1. The largest absolute Gasteiger partial charge is 0.508 e. The van der Waals surface area contributed by atoms with Crippen molar-refractivity contribution in [2.75, 3.05) is 0 Å². The predicted molar refractivity (Wildman–Crippen MR) is 165 cm³/mol. The van der Waals surface area contributed by atoms with Gasteiger partial charge in [-0.1, -0.05) is 157 Å². The van der Waals surface area contributed by atoms with Gasteiger partial charge in [-0.3, -0.25) is 4.79 Å². The number of carboxylic acid groups (broad SMARTS) is 1. The highest BCUT2D eigenvalue weighted by Crippen LogP contribution is 2.42. The molecule has 0 amide bonds. The number of benzene rings is 1. The number of aromatic hydroxyl groups is 1. The first-order chi connectivity index (χ1) is 17.9. The molecular formula is C35H62O3. The van der Waals surface area contributed by atoms with Gasteiger partial charge < -0.3 is 10.2 Å². The molecule has 0 aliphatic heterocycles. The first-order valence-electron chi connectivity index (χ1n) is 16.0. The highest BCUT2D eigenvalue weighted by Gasteiger charge is 2.30. The summed E-state index contributed by atoms with van der Waals surface area (Å²) < 4.78 is 0. The summed E-state index contributed by atoms with van der Waals surface area (Å²) >= 11 is 0. The Kier molecular flexibility index (Phi) is 16.3. The molecule has 220 valence electrons. The fourth-order valence-electron chi connectivity index (χ4n) is 5.80. The van der Waals surface area contributed by atoms with Crippen LogP contribution >= 0.6 is 0 Å². The molecule has 0 heterocycles. The van der Waals surface area contributed by atoms with Crippen molar-refractivity contribution in [2.45, 2.75) is 181 Å². The van der Waals surface area contributed by atoms with E-state index in [0.29, 0.717) is 5.75 Å². The highest BCUT2D eigenvalue weighted by molar-refractivity contribution is 5.68. The first-order valence-corrected chi connectivity index (χ1v) is 16.0. The number of hydrogen-bond donors (Lipinski definition) is 2. The van der Waals surface area contributed by atoms with Gasteiger partial charge in [-0.25, -0.2) is 0 Å². The van der Waals surface area contributed by atoms with E-state index in [4.69, 9.17) is 0 Å². The van der Waals surface area contributed by atoms with Crippen molar-refractivity contribution < 1.29 is 15.0 Å². The first kappa shape index (κ1) is 34.5. The maximum absolute atomic E-state index is 11.7. The van der Waals surface area contributed by atoms with Crippen molar-refractivity contribution in [1.82, 2.24) is 0 Å². The van der Waals surface area contributed by atoms with Gasteiger partial charge in [0.25, 0.3) is 0 Å². The van der Waals surface area contributed by atoms with Crippen LogP contribution < -0.4 is 0 Å². The second-order valence-corrected chi connectivity index (χ2v) is 13.8. The van der Waals surface area contributed by atoms with E-state index < -0.39 is 5.97 Å². The Hall–Kier alpha value is -1.51. The number of aliphatic carboxylic acids is 1. The molecule has 1 aromatic rings. The average molecular weight is 531 g/mol. The smallest absolute Gasteiger partial charge is 0.303 e. The minimum Gasteiger partial charge on any atom is -0.508 e. The molecule has 3 nitrogen and oxygen atoms in total. The van der Waals surface area contributed by atoms with Crippen LogP contribution in [0.15, 0.2) is 12.1 Å². The van der Waals surface area contributed by atoms with E-state index in [0.717, 1.165) is 36.0 Å². The van der Waals surface area contributed by atoms with Crippen molar-refractivity contribution in [3.8, 4) is 5.75 Å². The molecule has 0 fully saturated rings. The van der Waals surface area contributed by atoms with E-state index in [2.05, 4.69) is 54.5 Å². The van der Waals surface area contributed by atoms with Crippen LogP contribution in [0.25, 0.3) is 0 Å². The third-order valence-electron chi connectivity index (χ3n) is 8.00. The maximum Gasteiger partial charge on any atom is 0.303 e. The lowest BCUT2D eigenvalue weighted by Crippen LogP contribution is -2.23. The lowest BCUT2D eigenvalue weighted by Gasteiger charge is -2.32. The number of hydrogen-bond acceptors (Lipinski definition) is 2. The summed E-state index contributed by atoms with van der Waals surface area (Å²) in [6.45, 7) is 15.2. The van der Waals surface area contributed by atoms with E-state index in [9.17, 15) is 15.0 Å². The molecular weight excluding hydrogens is 468 g/mol. The molecule has 3 heteroatoms. The minimum absolute atomic E-state index is 0.0554. The summed E-state index contributed by atoms with van der Waals surface area (Å²) in [5, 5.41) is 20.6. The summed E-state index contributed by atoms with van der Waals surface area (Å²) in [6, 6.07) is 4.02. The third kappa shape index (κ3) is 14.0. The zero-order chi connectivity index (χ0) is 28.6. The molecule has 0 saturated carbocycles. The molecule has 1 atom stereocenters. The number of unbranched alkanes of at least 4 members (excludes halogenated alkanes) is 15. The molecule has 1 rings (SSSR count). The number of phenols is 1. The third-order valence-corrected chi connectivity index (χ3v) is 8.00. The number of carboxylic acids is 1. The summed E-state index contributed by atoms with van der Waals surface area (Å²) in [4.78, 5) is 11.7. The van der Waals surface area contributed by atoms with Crippen molar-refractivity contribution in [3.63, 3.8) is 0 Å². The zero-order valence-corrected chi connectivity index (χ0v) is 26.3. The zero-order valence-electron chi connectivity index (χ0n) is 26.3. The van der Waals surface area contributed by atoms with Gasteiger partial charge in [-0.05, 0) is 40.4 Å². The molecule has 0 bridgehead atoms. The highest BCUT2D eigenvalue weighted by atomic mass is 16.4. The summed E-state index contributed by atoms with van der Waals surface area (Å²) in [6.07, 6.45) is 22.4. The Balaban J connectivity index is 2.43. The van der Waals surface area contributed by atoms with Crippen molar-refractivity contribution in [1.29, 1.82) is 0 Å². The SMILES string of the molecule is CCCCCCCCCCCCCCCCCCC(CC(=O)O)c1cc(O)c(C(C)(C)C)c(C(C)(C)C)c1. The molecule has 0 aromatic heterocycles. The van der Waals surface area contributed by atoms with Gasteiger partial charge >= 0.3 is 5.97 Å². The van der Waals surface area contributed by atoms with Crippen molar-refractivity contribution >= 4 is 5.97 Å². The number of carbonyl (C=O) groups is 1. The Bertz CT molecular complexity index is 782. The molecule has 38 heavy (non-hydrogen) atoms. The van der Waals surface area contributed by atoms with Crippen LogP contribution in [-0.4, -0.2) is 16.2 Å². The molecule has 0 saturated heterocycles. The molecule has 0 radical (unpaired) electrons. The van der Waals surface area contributed by atoms with Crippen molar-refractivity contribution in [2.24, 2.45) is 0 Å². The average Bonchev–Trinajstić information content (AvgIpc) is 2.80. The van der Waals surface area contributed by atoms with Gasteiger partial charge in [0, 0.05) is 5.56 Å². The summed E-state index contributed by atoms with van der Waals surface area (Å²) in [5.41, 5.74) is 2.77. The second-order valence-electron chi connectivity index (χ2n) is 13.8. The predicted octanol–water partition coefficient (Wildman–Crippen LogP) is 11.2. The fraction of sp³-hybridized carbons (Fsp3) is 0.800. The van der Waals surface area contributed by atoms with Gasteiger partial charge in [0.15, 0.2) is 0 Å². The Labute approximate surface area is 236 Å². The van der Waals surface area contributed by atoms with Gasteiger partial charge in [0.1, 0.15) is 5.75 Å². The Morgan fingerprint density at radius 1 is 0.684 bits per heavy atom. The molecule has 1 aromatic carbocycles. The van der Waals surface area contributed by atoms with E-state index >= 15 is 0 Å². The fourth-order valence-corrected chi connectivity index (χ4v) is 5.80. The molecule has 1 unspecified atom stereocenters. The van der Waals surface area contributed by atoms with Crippen LogP contribution in [0, 0.1) is 0 Å². The Morgan fingerprint density at radius 2 is 1.11 bits per heavy atom. The van der Waals surface area contributed by atoms with E-state index in [1.807, 2.05) is 6.07 Å². The topological polar surface area (TPSA) is 57.5 Å². The molecule has 0 spiro atoms. The van der Waals surface area contributed by atoms with E-state index in [1.165, 1.54) is 89.9 Å². The van der Waals surface area contributed by atoms with Crippen molar-refractivity contribution in [3.05, 3.63) is 28.8 Å². The van der Waals surface area contributed by atoms with E-state index in [-0.39, 0.29) is 23.2 Å². The lowest BCUT2D eigenvalue weighted by molar-refractivity contribution is -0.137. The standard InChI is InChI=1S/C35H62O3/c1-8-9-10-11-12-13-14-15-16-17-18-19-20-21-22-23-24-28(27-32(37)38)29-25-30(34(2,3)4)33(31(36)26-29)35(5,6)7/h25-26,28,36H,8-24,27H2,1-7H3,(H,37,38). The summed E-state index contributed by atoms with van der Waals surface area (Å²) in [7, 11) is 0. The van der Waals surface area contributed by atoms with Crippen LogP contribution in [0.1, 0.15) is 187 Å². The Morgan fingerprint density at radius 3 is 1.47 bits per heavy atom. The van der Waals surface area contributed by atoms with Gasteiger partial charge in [0.2, 0.25) is 0 Å². The molecule has 2 N–H and O–H groups in total. The van der Waals surface area contributed by atoms with Gasteiger partial charge in [0.05, 0.1) is 6.42 Å². The molecule has 0 aliphatic carbocycles. The van der Waals surface area contributed by atoms with Crippen LogP contribution in [0.3, 0.4) is 0 Å². The van der Waals surface area contributed by atoms with Gasteiger partial charge in [-0.15, -0.1) is 0 Å². The maximum atomic E-state index is 11.7. The number of phenolic OH excluding ortho intramolecular Hbond substituents is 1. The second kappa shape index (κ2) is 18.0. The van der Waals surface area contributed by atoms with Crippen LogP contribution in [0.4, 0.5) is 0 Å². The van der Waals surface area contributed by atoms with Gasteiger partial charge in [-0.2, -0.15) is 0 Å². The number of rotatable bonds is 20. The van der Waals surface area contributed by atoms with Crippen LogP contribution in [0.2, 0.25) is 0 Å². The van der Waals surface area contributed by atoms with Crippen LogP contribution in [0.5, 0.6) is 5.75 Å². The van der Waals surface area contributed by atoms with E-state index in [1.54, 1.807) is 0 Å². The monoisotopic (exact) mass is 530 g/mol. The quantitative estimate of drug-likeness (QED) is 0.165. The summed E-state index contributed by atoms with van der Waals surface area (Å²) in [5.74, 6) is -0.509. The lowest BCUT2D eigenvalue weighted by atomic mass is 9.73. The van der Waals surface area contributed by atoms with Crippen LogP contribution in [-0.2, 0) is 15.6 Å². The minimum atomic E-state index is -0.761. The molecule has 0 aliphatic rings.